The quantitative estimate of drug-likeness (QED) is 0.179. The molecule has 0 N–H and O–H groups in total. The molecule has 0 unspecified atom stereocenters. The monoisotopic (exact) mass is 700 g/mol. The first-order chi connectivity index (χ1) is 27.3. The van der Waals surface area contributed by atoms with Crippen molar-refractivity contribution in [3.05, 3.63) is 194 Å². The predicted molar refractivity (Wildman–Crippen MR) is 231 cm³/mol. The Kier molecular flexibility index (Phi) is 6.34. The Bertz CT molecular complexity index is 3490. The minimum absolute atomic E-state index is 0.907. The molecular formula is C52H32N2O. The number of hydrogen-bond donors (Lipinski definition) is 0. The number of aromatic nitrogens is 2. The lowest BCUT2D eigenvalue weighted by atomic mass is 9.94. The summed E-state index contributed by atoms with van der Waals surface area (Å²) in [6, 6.07) is 70.3. The van der Waals surface area contributed by atoms with Crippen molar-refractivity contribution in [2.45, 2.75) is 0 Å². The fraction of sp³-hybridized carbons (Fsp3) is 0. The molecule has 0 aliphatic heterocycles. The summed E-state index contributed by atoms with van der Waals surface area (Å²) in [5.74, 6) is 0. The Balaban J connectivity index is 1.08. The van der Waals surface area contributed by atoms with Crippen LogP contribution in [0.25, 0.3) is 110 Å². The van der Waals surface area contributed by atoms with Crippen molar-refractivity contribution >= 4 is 76.3 Å². The van der Waals surface area contributed by atoms with E-state index in [4.69, 9.17) is 4.42 Å². The molecule has 0 saturated carbocycles. The molecule has 0 radical (unpaired) electrons. The molecular weight excluding hydrogens is 669 g/mol. The van der Waals surface area contributed by atoms with Gasteiger partial charge in [0.1, 0.15) is 11.2 Å². The van der Waals surface area contributed by atoms with E-state index in [1.807, 2.05) is 6.07 Å². The minimum Gasteiger partial charge on any atom is -0.456 e. The summed E-state index contributed by atoms with van der Waals surface area (Å²) in [6.45, 7) is 0. The standard InChI is InChI=1S/C52H32N2O/c1-2-13-35(14-3-1)53-45-21-9-7-18-40(45)44-31-33(26-29-48(44)53)34-25-27-41-39-17-6-10-22-46(39)54(49(41)32-34)47-30-28-37(36-15-4-5-16-38(36)47)42-20-12-24-51-52(42)43-19-8-11-23-50(43)55-51/h1-32H. The lowest BCUT2D eigenvalue weighted by Gasteiger charge is -2.16. The van der Waals surface area contributed by atoms with Crippen molar-refractivity contribution in [2.75, 3.05) is 0 Å². The second-order valence-electron chi connectivity index (χ2n) is 14.5. The van der Waals surface area contributed by atoms with Crippen molar-refractivity contribution in [1.82, 2.24) is 9.13 Å². The lowest BCUT2D eigenvalue weighted by molar-refractivity contribution is 0.669. The molecule has 0 saturated heterocycles. The zero-order valence-corrected chi connectivity index (χ0v) is 29.8. The Morgan fingerprint density at radius 1 is 0.309 bits per heavy atom. The fourth-order valence-corrected chi connectivity index (χ4v) is 9.13. The van der Waals surface area contributed by atoms with E-state index < -0.39 is 0 Å². The summed E-state index contributed by atoms with van der Waals surface area (Å²) in [4.78, 5) is 0. The van der Waals surface area contributed by atoms with Gasteiger partial charge in [0.05, 0.1) is 27.8 Å². The first-order valence-electron chi connectivity index (χ1n) is 18.9. The molecule has 0 atom stereocenters. The first kappa shape index (κ1) is 30.1. The van der Waals surface area contributed by atoms with E-state index in [9.17, 15) is 0 Å². The molecule has 0 aliphatic carbocycles. The van der Waals surface area contributed by atoms with Crippen molar-refractivity contribution in [3.63, 3.8) is 0 Å². The largest absolute Gasteiger partial charge is 0.456 e. The second-order valence-corrected chi connectivity index (χ2v) is 14.5. The highest BCUT2D eigenvalue weighted by atomic mass is 16.3. The van der Waals surface area contributed by atoms with Crippen molar-refractivity contribution < 1.29 is 4.42 Å². The van der Waals surface area contributed by atoms with E-state index in [2.05, 4.69) is 197 Å². The van der Waals surface area contributed by atoms with Gasteiger partial charge >= 0.3 is 0 Å². The number of rotatable bonds is 4. The van der Waals surface area contributed by atoms with Gasteiger partial charge in [-0.05, 0) is 88.3 Å². The summed E-state index contributed by atoms with van der Waals surface area (Å²) in [6.07, 6.45) is 0. The summed E-state index contributed by atoms with van der Waals surface area (Å²) in [7, 11) is 0. The van der Waals surface area contributed by atoms with E-state index in [-0.39, 0.29) is 0 Å². The van der Waals surface area contributed by atoms with Crippen molar-refractivity contribution in [3.8, 4) is 33.6 Å². The van der Waals surface area contributed by atoms with E-state index in [1.54, 1.807) is 0 Å². The minimum atomic E-state index is 0.907. The summed E-state index contributed by atoms with van der Waals surface area (Å²) < 4.78 is 11.2. The highest BCUT2D eigenvalue weighted by Crippen LogP contribution is 2.43. The Hall–Kier alpha value is -7.36. The van der Waals surface area contributed by atoms with Gasteiger partial charge in [-0.3, -0.25) is 0 Å². The smallest absolute Gasteiger partial charge is 0.136 e. The van der Waals surface area contributed by atoms with Crippen LogP contribution in [0.1, 0.15) is 0 Å². The van der Waals surface area contributed by atoms with Crippen molar-refractivity contribution in [1.29, 1.82) is 0 Å². The Labute approximate surface area is 316 Å². The second kappa shape index (κ2) is 11.6. The molecule has 9 aromatic carbocycles. The number of furan rings is 1. The van der Waals surface area contributed by atoms with Gasteiger partial charge in [0.25, 0.3) is 0 Å². The van der Waals surface area contributed by atoms with Crippen LogP contribution in [0.2, 0.25) is 0 Å². The van der Waals surface area contributed by atoms with Gasteiger partial charge in [-0.25, -0.2) is 0 Å². The molecule has 12 aromatic rings. The predicted octanol–water partition coefficient (Wildman–Crippen LogP) is 14.3. The third kappa shape index (κ3) is 4.38. The SMILES string of the molecule is c1ccc(-n2c3ccccc3c3cc(-c4ccc5c6ccccc6n(-c6ccc(-c7cccc8oc9ccccc9c78)c7ccccc67)c5c4)ccc32)cc1. The Morgan fingerprint density at radius 3 is 1.75 bits per heavy atom. The highest BCUT2D eigenvalue weighted by molar-refractivity contribution is 6.17. The Morgan fingerprint density at radius 2 is 0.909 bits per heavy atom. The van der Waals surface area contributed by atoms with Crippen LogP contribution in [0.5, 0.6) is 0 Å². The van der Waals surface area contributed by atoms with Crippen LogP contribution in [0, 0.1) is 0 Å². The highest BCUT2D eigenvalue weighted by Gasteiger charge is 2.19. The molecule has 0 fully saturated rings. The average Bonchev–Trinajstić information content (AvgIpc) is 3.91. The molecule has 0 amide bonds. The van der Waals surface area contributed by atoms with E-state index in [0.29, 0.717) is 0 Å². The van der Waals surface area contributed by atoms with Gasteiger partial charge < -0.3 is 13.6 Å². The molecule has 3 nitrogen and oxygen atoms in total. The number of para-hydroxylation sites is 4. The molecule has 256 valence electrons. The zero-order valence-electron chi connectivity index (χ0n) is 29.8. The van der Waals surface area contributed by atoms with Gasteiger partial charge in [0.15, 0.2) is 0 Å². The van der Waals surface area contributed by atoms with Crippen LogP contribution < -0.4 is 0 Å². The number of fused-ring (bicyclic) bond motifs is 10. The zero-order chi connectivity index (χ0) is 36.0. The number of benzene rings is 9. The van der Waals surface area contributed by atoms with Gasteiger partial charge in [-0.1, -0.05) is 133 Å². The lowest BCUT2D eigenvalue weighted by Crippen LogP contribution is -1.97. The molecule has 12 rings (SSSR count). The van der Waals surface area contributed by atoms with Gasteiger partial charge in [-0.2, -0.15) is 0 Å². The maximum Gasteiger partial charge on any atom is 0.136 e. The maximum absolute atomic E-state index is 6.31. The third-order valence-electron chi connectivity index (χ3n) is 11.5. The molecule has 55 heavy (non-hydrogen) atoms. The number of hydrogen-bond acceptors (Lipinski definition) is 1. The summed E-state index contributed by atoms with van der Waals surface area (Å²) in [5.41, 5.74) is 13.7. The van der Waals surface area contributed by atoms with Crippen LogP contribution in [0.4, 0.5) is 0 Å². The van der Waals surface area contributed by atoms with E-state index in [0.717, 1.165) is 27.6 Å². The van der Waals surface area contributed by atoms with E-state index in [1.165, 1.54) is 82.3 Å². The third-order valence-corrected chi connectivity index (χ3v) is 11.5. The number of nitrogens with zero attached hydrogens (tertiary/aromatic N) is 2. The topological polar surface area (TPSA) is 23.0 Å². The maximum atomic E-state index is 6.31. The molecule has 0 bridgehead atoms. The normalized spacial score (nSPS) is 12.0. The van der Waals surface area contributed by atoms with Crippen LogP contribution in [0.3, 0.4) is 0 Å². The summed E-state index contributed by atoms with van der Waals surface area (Å²) >= 11 is 0. The fourth-order valence-electron chi connectivity index (χ4n) is 9.13. The van der Waals surface area contributed by atoms with Gasteiger partial charge in [0.2, 0.25) is 0 Å². The molecule has 3 heteroatoms. The van der Waals surface area contributed by atoms with Crippen LogP contribution in [0.15, 0.2) is 199 Å². The molecule has 0 spiro atoms. The van der Waals surface area contributed by atoms with Crippen LogP contribution in [-0.4, -0.2) is 9.13 Å². The molecule has 0 aliphatic rings. The average molecular weight is 701 g/mol. The van der Waals surface area contributed by atoms with Gasteiger partial charge in [-0.15, -0.1) is 0 Å². The van der Waals surface area contributed by atoms with Gasteiger partial charge in [0, 0.05) is 43.4 Å². The van der Waals surface area contributed by atoms with Crippen LogP contribution in [-0.2, 0) is 0 Å². The molecule has 3 aromatic heterocycles. The van der Waals surface area contributed by atoms with E-state index >= 15 is 0 Å². The summed E-state index contributed by atoms with van der Waals surface area (Å²) in [5, 5.41) is 9.69. The van der Waals surface area contributed by atoms with Crippen molar-refractivity contribution in [2.24, 2.45) is 0 Å². The molecule has 3 heterocycles. The van der Waals surface area contributed by atoms with Crippen LogP contribution >= 0.6 is 0 Å². The first-order valence-corrected chi connectivity index (χ1v) is 18.9.